The number of fused-ring (bicyclic) bond motifs is 1. The quantitative estimate of drug-likeness (QED) is 0.426. The first kappa shape index (κ1) is 23.6. The topological polar surface area (TPSA) is 94.4 Å². The smallest absolute Gasteiger partial charge is 0.225 e. The van der Waals surface area contributed by atoms with Gasteiger partial charge in [0.15, 0.2) is 5.65 Å². The maximum atomic E-state index is 13.1. The van der Waals surface area contributed by atoms with Crippen molar-refractivity contribution in [1.82, 2.24) is 25.1 Å². The molecule has 9 heteroatoms. The monoisotopic (exact) mass is 486 g/mol. The number of carbonyl (C=O) groups is 1. The molecule has 0 radical (unpaired) electrons. The fraction of sp³-hybridized carbons (Fsp3) is 0.333. The van der Waals surface area contributed by atoms with Gasteiger partial charge in [0.2, 0.25) is 5.91 Å². The second-order valence-electron chi connectivity index (χ2n) is 9.07. The molecule has 1 aliphatic heterocycles. The molecule has 3 heterocycles. The number of piperidine rings is 1. The van der Waals surface area contributed by atoms with E-state index in [2.05, 4.69) is 44.3 Å². The Hall–Kier alpha value is -4.14. The summed E-state index contributed by atoms with van der Waals surface area (Å²) in [6.45, 7) is 3.89. The molecule has 0 aliphatic carbocycles. The maximum absolute atomic E-state index is 13.1. The van der Waals surface area contributed by atoms with Crippen molar-refractivity contribution in [3.63, 3.8) is 0 Å². The number of nitrogens with one attached hydrogen (secondary N) is 1. The Morgan fingerprint density at radius 3 is 2.56 bits per heavy atom. The molecule has 0 bridgehead atoms. The lowest BCUT2D eigenvalue weighted by Crippen LogP contribution is -2.43. The van der Waals surface area contributed by atoms with Crippen LogP contribution in [0.4, 0.5) is 5.82 Å². The van der Waals surface area contributed by atoms with Crippen molar-refractivity contribution in [1.29, 1.82) is 0 Å². The van der Waals surface area contributed by atoms with Crippen LogP contribution in [0.1, 0.15) is 24.0 Å². The summed E-state index contributed by atoms with van der Waals surface area (Å²) in [7, 11) is 3.23. The van der Waals surface area contributed by atoms with E-state index in [4.69, 9.17) is 9.47 Å². The van der Waals surface area contributed by atoms with Gasteiger partial charge < -0.3 is 19.7 Å². The highest BCUT2D eigenvalue weighted by molar-refractivity contribution is 5.87. The first-order valence-electron chi connectivity index (χ1n) is 12.1. The molecule has 1 aliphatic rings. The third-order valence-electron chi connectivity index (χ3n) is 6.56. The van der Waals surface area contributed by atoms with Gasteiger partial charge in [0.05, 0.1) is 31.2 Å². The third kappa shape index (κ3) is 4.95. The van der Waals surface area contributed by atoms with Crippen molar-refractivity contribution < 1.29 is 14.3 Å². The highest BCUT2D eigenvalue weighted by atomic mass is 16.5. The molecule has 9 nitrogen and oxygen atoms in total. The van der Waals surface area contributed by atoms with Gasteiger partial charge in [-0.15, -0.1) is 5.10 Å². The summed E-state index contributed by atoms with van der Waals surface area (Å²) in [6, 6.07) is 13.8. The number of rotatable bonds is 7. The number of benzene rings is 2. The standard InChI is InChI=1S/C27H30N6O3/c1-18-6-8-21(9-7-18)33-16-24-25(31-33)29-17-30-26(24)32-10-4-5-20(15-32)27(34)28-14-19-11-22(35-2)13-23(12-19)36-3/h6-9,11-13,16-17,20H,4-5,10,14-15H2,1-3H3,(H,28,34). The molecule has 186 valence electrons. The van der Waals surface area contributed by atoms with Gasteiger partial charge in [0.25, 0.3) is 0 Å². The Kier molecular flexibility index (Phi) is 6.71. The van der Waals surface area contributed by atoms with E-state index in [0.29, 0.717) is 30.2 Å². The van der Waals surface area contributed by atoms with Gasteiger partial charge in [-0.2, -0.15) is 0 Å². The summed E-state index contributed by atoms with van der Waals surface area (Å²) in [5.74, 6) is 2.10. The van der Waals surface area contributed by atoms with Crippen molar-refractivity contribution in [3.8, 4) is 17.2 Å². The summed E-state index contributed by atoms with van der Waals surface area (Å²) in [6.07, 6.45) is 5.25. The molecule has 0 saturated carbocycles. The summed E-state index contributed by atoms with van der Waals surface area (Å²) < 4.78 is 12.5. The normalized spacial score (nSPS) is 15.6. The average Bonchev–Trinajstić information content (AvgIpc) is 3.36. The second-order valence-corrected chi connectivity index (χ2v) is 9.07. The SMILES string of the molecule is COc1cc(CNC(=O)C2CCCN(c3ncnc4nn(-c5ccc(C)cc5)cc34)C2)cc(OC)c1. The number of aryl methyl sites for hydroxylation is 1. The van der Waals surface area contributed by atoms with Crippen LogP contribution in [-0.2, 0) is 11.3 Å². The fourth-order valence-corrected chi connectivity index (χ4v) is 4.59. The summed E-state index contributed by atoms with van der Waals surface area (Å²) in [5.41, 5.74) is 3.72. The predicted octanol–water partition coefficient (Wildman–Crippen LogP) is 3.67. The molecule has 1 fully saturated rings. The Labute approximate surface area is 210 Å². The van der Waals surface area contributed by atoms with E-state index in [1.807, 2.05) is 41.2 Å². The van der Waals surface area contributed by atoms with Gasteiger partial charge in [0, 0.05) is 31.9 Å². The first-order chi connectivity index (χ1) is 17.5. The molecule has 1 N–H and O–H groups in total. The molecule has 1 amide bonds. The summed E-state index contributed by atoms with van der Waals surface area (Å²) in [4.78, 5) is 24.2. The highest BCUT2D eigenvalue weighted by Gasteiger charge is 2.28. The summed E-state index contributed by atoms with van der Waals surface area (Å²) >= 11 is 0. The van der Waals surface area contributed by atoms with Crippen LogP contribution in [0, 0.1) is 12.8 Å². The van der Waals surface area contributed by atoms with Crippen LogP contribution in [0.3, 0.4) is 0 Å². The number of amides is 1. The number of hydrogen-bond acceptors (Lipinski definition) is 7. The number of ether oxygens (including phenoxy) is 2. The minimum Gasteiger partial charge on any atom is -0.497 e. The molecule has 1 unspecified atom stereocenters. The molecule has 0 spiro atoms. The van der Waals surface area contributed by atoms with Crippen molar-refractivity contribution >= 4 is 22.8 Å². The molecule has 4 aromatic rings. The van der Waals surface area contributed by atoms with E-state index in [9.17, 15) is 4.79 Å². The van der Waals surface area contributed by atoms with Crippen LogP contribution < -0.4 is 19.7 Å². The van der Waals surface area contributed by atoms with Gasteiger partial charge in [0.1, 0.15) is 23.6 Å². The van der Waals surface area contributed by atoms with Crippen LogP contribution >= 0.6 is 0 Å². The minimum absolute atomic E-state index is 0.0298. The number of methoxy groups -OCH3 is 2. The van der Waals surface area contributed by atoms with E-state index in [1.54, 1.807) is 20.5 Å². The number of anilines is 1. The molecule has 5 rings (SSSR count). The van der Waals surface area contributed by atoms with Crippen molar-refractivity contribution in [2.75, 3.05) is 32.2 Å². The lowest BCUT2D eigenvalue weighted by Gasteiger charge is -2.33. The van der Waals surface area contributed by atoms with E-state index in [0.717, 1.165) is 41.8 Å². The molecule has 1 saturated heterocycles. The van der Waals surface area contributed by atoms with Crippen molar-refractivity contribution in [2.24, 2.45) is 5.92 Å². The Morgan fingerprint density at radius 2 is 1.83 bits per heavy atom. The van der Waals surface area contributed by atoms with Crippen LogP contribution in [0.15, 0.2) is 55.0 Å². The minimum atomic E-state index is -0.136. The van der Waals surface area contributed by atoms with E-state index in [1.165, 1.54) is 5.56 Å². The number of nitrogens with zero attached hydrogens (tertiary/aromatic N) is 5. The molecule has 1 atom stereocenters. The average molecular weight is 487 g/mol. The van der Waals surface area contributed by atoms with Gasteiger partial charge >= 0.3 is 0 Å². The van der Waals surface area contributed by atoms with Crippen LogP contribution in [0.25, 0.3) is 16.7 Å². The van der Waals surface area contributed by atoms with Gasteiger partial charge in [-0.25, -0.2) is 14.6 Å². The number of hydrogen-bond donors (Lipinski definition) is 1. The lowest BCUT2D eigenvalue weighted by atomic mass is 9.97. The van der Waals surface area contributed by atoms with E-state index >= 15 is 0 Å². The van der Waals surface area contributed by atoms with Crippen LogP contribution in [-0.4, -0.2) is 53.0 Å². The van der Waals surface area contributed by atoms with E-state index in [-0.39, 0.29) is 11.8 Å². The molecule has 2 aromatic heterocycles. The van der Waals surface area contributed by atoms with Crippen LogP contribution in [0.2, 0.25) is 0 Å². The zero-order valence-electron chi connectivity index (χ0n) is 20.8. The number of carbonyl (C=O) groups excluding carboxylic acids is 1. The largest absolute Gasteiger partial charge is 0.497 e. The molecular formula is C27H30N6O3. The highest BCUT2D eigenvalue weighted by Crippen LogP contribution is 2.28. The Morgan fingerprint density at radius 1 is 1.08 bits per heavy atom. The predicted molar refractivity (Wildman–Crippen MR) is 138 cm³/mol. The zero-order valence-corrected chi connectivity index (χ0v) is 20.8. The van der Waals surface area contributed by atoms with Gasteiger partial charge in [-0.3, -0.25) is 4.79 Å². The number of aromatic nitrogens is 4. The second kappa shape index (κ2) is 10.2. The van der Waals surface area contributed by atoms with Gasteiger partial charge in [-0.05, 0) is 49.6 Å². The van der Waals surface area contributed by atoms with Crippen molar-refractivity contribution in [2.45, 2.75) is 26.3 Å². The lowest BCUT2D eigenvalue weighted by molar-refractivity contribution is -0.125. The Bertz CT molecular complexity index is 1350. The molecule has 2 aromatic carbocycles. The third-order valence-corrected chi connectivity index (χ3v) is 6.56. The zero-order chi connectivity index (χ0) is 25.1. The summed E-state index contributed by atoms with van der Waals surface area (Å²) in [5, 5.41) is 8.61. The van der Waals surface area contributed by atoms with Crippen LogP contribution in [0.5, 0.6) is 11.5 Å². The van der Waals surface area contributed by atoms with E-state index < -0.39 is 0 Å². The van der Waals surface area contributed by atoms with Crippen molar-refractivity contribution in [3.05, 3.63) is 66.1 Å². The molecular weight excluding hydrogens is 456 g/mol. The maximum Gasteiger partial charge on any atom is 0.225 e. The van der Waals surface area contributed by atoms with Gasteiger partial charge in [-0.1, -0.05) is 17.7 Å². The fourth-order valence-electron chi connectivity index (χ4n) is 4.59. The first-order valence-corrected chi connectivity index (χ1v) is 12.1. The Balaban J connectivity index is 1.30. The molecule has 36 heavy (non-hydrogen) atoms.